The fraction of sp³-hybridized carbons (Fsp3) is 0.200. The molecule has 0 saturated heterocycles. The lowest BCUT2D eigenvalue weighted by Gasteiger charge is -2.02. The van der Waals surface area contributed by atoms with Crippen LogP contribution in [0.2, 0.25) is 0 Å². The van der Waals surface area contributed by atoms with Gasteiger partial charge in [0.1, 0.15) is 12.1 Å². The number of hydrogen-bond donors (Lipinski definition) is 2. The number of nitrogens with one attached hydrogen (secondary N) is 1. The van der Waals surface area contributed by atoms with E-state index in [0.717, 1.165) is 0 Å². The van der Waals surface area contributed by atoms with Crippen LogP contribution in [0.1, 0.15) is 16.2 Å². The van der Waals surface area contributed by atoms with Gasteiger partial charge in [-0.3, -0.25) is 9.48 Å². The number of pyridine rings is 1. The van der Waals surface area contributed by atoms with Crippen molar-refractivity contribution in [2.45, 2.75) is 6.54 Å². The van der Waals surface area contributed by atoms with Gasteiger partial charge >= 0.3 is 0 Å². The predicted octanol–water partition coefficient (Wildman–Crippen LogP) is -0.278. The van der Waals surface area contributed by atoms with E-state index in [1.54, 1.807) is 30.2 Å². The molecule has 2 aromatic rings. The van der Waals surface area contributed by atoms with Crippen LogP contribution in [0.15, 0.2) is 24.7 Å². The van der Waals surface area contributed by atoms with Crippen molar-refractivity contribution in [1.82, 2.24) is 25.1 Å². The Labute approximate surface area is 97.7 Å². The quantitative estimate of drug-likeness (QED) is 0.758. The molecule has 0 bridgehead atoms. The van der Waals surface area contributed by atoms with E-state index >= 15 is 0 Å². The first-order valence-electron chi connectivity index (χ1n) is 4.99. The molecule has 2 rings (SSSR count). The number of anilines is 1. The molecule has 2 aromatic heterocycles. The Kier molecular flexibility index (Phi) is 2.99. The molecule has 0 aromatic carbocycles. The topological polar surface area (TPSA) is 98.7 Å². The van der Waals surface area contributed by atoms with Gasteiger partial charge in [-0.2, -0.15) is 5.10 Å². The second-order valence-electron chi connectivity index (χ2n) is 3.49. The zero-order valence-corrected chi connectivity index (χ0v) is 9.29. The van der Waals surface area contributed by atoms with Crippen molar-refractivity contribution < 1.29 is 4.79 Å². The summed E-state index contributed by atoms with van der Waals surface area (Å²) in [7, 11) is 1.77. The van der Waals surface area contributed by atoms with Crippen molar-refractivity contribution in [2.24, 2.45) is 7.05 Å². The van der Waals surface area contributed by atoms with Crippen molar-refractivity contribution in [2.75, 3.05) is 5.73 Å². The number of carbonyl (C=O) groups is 1. The highest BCUT2D eigenvalue weighted by Crippen LogP contribution is 2.01. The maximum atomic E-state index is 11.7. The van der Waals surface area contributed by atoms with Crippen molar-refractivity contribution >= 4 is 11.7 Å². The first-order chi connectivity index (χ1) is 8.15. The molecule has 2 heterocycles. The number of amides is 1. The Balaban J connectivity index is 1.95. The van der Waals surface area contributed by atoms with E-state index in [1.807, 2.05) is 0 Å². The largest absolute Gasteiger partial charge is 0.384 e. The van der Waals surface area contributed by atoms with Gasteiger partial charge in [0.15, 0.2) is 5.82 Å². The van der Waals surface area contributed by atoms with E-state index in [9.17, 15) is 4.79 Å². The SMILES string of the molecule is Cn1cnc(CNC(=O)c2ccc(N)nc2)n1. The van der Waals surface area contributed by atoms with Gasteiger partial charge in [-0.05, 0) is 12.1 Å². The highest BCUT2D eigenvalue weighted by molar-refractivity contribution is 5.93. The molecule has 7 nitrogen and oxygen atoms in total. The van der Waals surface area contributed by atoms with Crippen molar-refractivity contribution in [3.8, 4) is 0 Å². The summed E-state index contributed by atoms with van der Waals surface area (Å²) >= 11 is 0. The maximum Gasteiger partial charge on any atom is 0.253 e. The van der Waals surface area contributed by atoms with Crippen LogP contribution in [0.25, 0.3) is 0 Å². The molecule has 0 aliphatic heterocycles. The Morgan fingerprint density at radius 2 is 2.29 bits per heavy atom. The highest BCUT2D eigenvalue weighted by atomic mass is 16.1. The van der Waals surface area contributed by atoms with Gasteiger partial charge in [0.05, 0.1) is 12.1 Å². The number of nitrogens with two attached hydrogens (primary N) is 1. The summed E-state index contributed by atoms with van der Waals surface area (Å²) < 4.78 is 1.58. The summed E-state index contributed by atoms with van der Waals surface area (Å²) in [6.07, 6.45) is 3.00. The minimum absolute atomic E-state index is 0.232. The second-order valence-corrected chi connectivity index (χ2v) is 3.49. The maximum absolute atomic E-state index is 11.7. The highest BCUT2D eigenvalue weighted by Gasteiger charge is 2.06. The summed E-state index contributed by atoms with van der Waals surface area (Å²) in [5, 5.41) is 6.74. The zero-order chi connectivity index (χ0) is 12.3. The molecule has 0 saturated carbocycles. The lowest BCUT2D eigenvalue weighted by Crippen LogP contribution is -2.23. The van der Waals surface area contributed by atoms with Crippen LogP contribution in [0.5, 0.6) is 0 Å². The van der Waals surface area contributed by atoms with Crippen molar-refractivity contribution in [1.29, 1.82) is 0 Å². The Hall–Kier alpha value is -2.44. The van der Waals surface area contributed by atoms with E-state index in [0.29, 0.717) is 17.2 Å². The van der Waals surface area contributed by atoms with Crippen LogP contribution >= 0.6 is 0 Å². The van der Waals surface area contributed by atoms with Crippen LogP contribution < -0.4 is 11.1 Å². The molecule has 1 amide bonds. The summed E-state index contributed by atoms with van der Waals surface area (Å²) in [6, 6.07) is 3.19. The lowest BCUT2D eigenvalue weighted by molar-refractivity contribution is 0.0949. The summed E-state index contributed by atoms with van der Waals surface area (Å²) in [6.45, 7) is 0.282. The molecule has 0 aliphatic rings. The minimum Gasteiger partial charge on any atom is -0.384 e. The van der Waals surface area contributed by atoms with Gasteiger partial charge in [-0.1, -0.05) is 0 Å². The van der Waals surface area contributed by atoms with Gasteiger partial charge in [-0.15, -0.1) is 0 Å². The van der Waals surface area contributed by atoms with Crippen LogP contribution in [0.4, 0.5) is 5.82 Å². The third-order valence-electron chi connectivity index (χ3n) is 2.10. The number of nitrogen functional groups attached to an aromatic ring is 1. The predicted molar refractivity (Wildman–Crippen MR) is 60.8 cm³/mol. The van der Waals surface area contributed by atoms with Gasteiger partial charge in [0.2, 0.25) is 0 Å². The Morgan fingerprint density at radius 1 is 1.47 bits per heavy atom. The summed E-state index contributed by atoms with van der Waals surface area (Å²) in [4.78, 5) is 19.5. The first-order valence-corrected chi connectivity index (χ1v) is 4.99. The van der Waals surface area contributed by atoms with Gasteiger partial charge in [0, 0.05) is 13.2 Å². The van der Waals surface area contributed by atoms with E-state index in [-0.39, 0.29) is 12.5 Å². The van der Waals surface area contributed by atoms with E-state index in [2.05, 4.69) is 20.4 Å². The molecule has 0 aliphatic carbocycles. The third kappa shape index (κ3) is 2.77. The fourth-order valence-corrected chi connectivity index (χ4v) is 1.27. The lowest BCUT2D eigenvalue weighted by atomic mass is 10.2. The monoisotopic (exact) mass is 232 g/mol. The standard InChI is InChI=1S/C10H12N6O/c1-16-6-14-9(15-16)5-13-10(17)7-2-3-8(11)12-4-7/h2-4,6H,5H2,1H3,(H2,11,12)(H,13,17). The number of nitrogens with zero attached hydrogens (tertiary/aromatic N) is 4. The average Bonchev–Trinajstić information content (AvgIpc) is 2.73. The zero-order valence-electron chi connectivity index (χ0n) is 9.29. The van der Waals surface area contributed by atoms with Crippen LogP contribution in [0, 0.1) is 0 Å². The normalized spacial score (nSPS) is 10.2. The molecule has 17 heavy (non-hydrogen) atoms. The molecule has 7 heteroatoms. The molecule has 0 radical (unpaired) electrons. The Bertz CT molecular complexity index is 518. The molecule has 3 N–H and O–H groups in total. The molecule has 0 fully saturated rings. The van der Waals surface area contributed by atoms with Crippen LogP contribution in [-0.4, -0.2) is 25.7 Å². The fourth-order valence-electron chi connectivity index (χ4n) is 1.27. The molecule has 0 unspecified atom stereocenters. The molecule has 0 atom stereocenters. The van der Waals surface area contributed by atoms with Crippen molar-refractivity contribution in [3.05, 3.63) is 36.0 Å². The van der Waals surface area contributed by atoms with E-state index in [4.69, 9.17) is 5.73 Å². The molecular weight excluding hydrogens is 220 g/mol. The average molecular weight is 232 g/mol. The molecule has 88 valence electrons. The minimum atomic E-state index is -0.232. The number of rotatable bonds is 3. The second kappa shape index (κ2) is 4.60. The van der Waals surface area contributed by atoms with E-state index in [1.165, 1.54) is 6.20 Å². The van der Waals surface area contributed by atoms with Crippen molar-refractivity contribution in [3.63, 3.8) is 0 Å². The Morgan fingerprint density at radius 3 is 2.88 bits per heavy atom. The number of hydrogen-bond acceptors (Lipinski definition) is 5. The van der Waals surface area contributed by atoms with Gasteiger partial charge in [0.25, 0.3) is 5.91 Å². The van der Waals surface area contributed by atoms with Crippen LogP contribution in [0.3, 0.4) is 0 Å². The molecular formula is C10H12N6O. The number of aryl methyl sites for hydroxylation is 1. The smallest absolute Gasteiger partial charge is 0.253 e. The first kappa shape index (κ1) is 11.1. The van der Waals surface area contributed by atoms with Crippen LogP contribution in [-0.2, 0) is 13.6 Å². The molecule has 0 spiro atoms. The third-order valence-corrected chi connectivity index (χ3v) is 2.10. The van der Waals surface area contributed by atoms with E-state index < -0.39 is 0 Å². The summed E-state index contributed by atoms with van der Waals surface area (Å²) in [5.41, 5.74) is 5.88. The number of aromatic nitrogens is 4. The summed E-state index contributed by atoms with van der Waals surface area (Å²) in [5.74, 6) is 0.710. The number of carbonyl (C=O) groups excluding carboxylic acids is 1. The van der Waals surface area contributed by atoms with Gasteiger partial charge in [-0.25, -0.2) is 9.97 Å². The van der Waals surface area contributed by atoms with Gasteiger partial charge < -0.3 is 11.1 Å².